The number of amides is 1. The number of β-amino-alcohol motifs (C(OH)–C–C–N with tert-alkyl or cyclic N) is 1. The summed E-state index contributed by atoms with van der Waals surface area (Å²) in [6.07, 6.45) is -0.373. The third kappa shape index (κ3) is 4.28. The van der Waals surface area contributed by atoms with Crippen molar-refractivity contribution in [2.45, 2.75) is 44.8 Å². The number of likely N-dealkylation sites (tertiary alicyclic amines) is 1. The van der Waals surface area contributed by atoms with Gasteiger partial charge in [0, 0.05) is 12.5 Å². The highest BCUT2D eigenvalue weighted by atomic mass is 16.6. The Bertz CT molecular complexity index is 568. The Morgan fingerprint density at radius 2 is 2.09 bits per heavy atom. The van der Waals surface area contributed by atoms with Gasteiger partial charge in [0.15, 0.2) is 0 Å². The second kappa shape index (κ2) is 6.66. The molecule has 23 heavy (non-hydrogen) atoms. The van der Waals surface area contributed by atoms with E-state index < -0.39 is 11.7 Å². The fourth-order valence-electron chi connectivity index (χ4n) is 2.77. The molecule has 1 saturated heterocycles. The molecule has 0 bridgehead atoms. The molecule has 3 N–H and O–H groups in total. The standard InChI is InChI=1S/C17H26N2O4/c1-17(2,3)23-16(21)19-8-7-12(14(20)10-19)11-5-6-13(18)15(9-11)22-4/h5-6,9,12,14,20H,7-8,10,18H2,1-4H3. The van der Waals surface area contributed by atoms with E-state index in [1.54, 1.807) is 18.1 Å². The molecule has 6 heteroatoms. The second-order valence-electron chi connectivity index (χ2n) is 6.89. The number of aliphatic hydroxyl groups excluding tert-OH is 1. The van der Waals surface area contributed by atoms with E-state index in [0.717, 1.165) is 5.56 Å². The van der Waals surface area contributed by atoms with Crippen LogP contribution in [0.5, 0.6) is 5.75 Å². The molecule has 0 saturated carbocycles. The van der Waals surface area contributed by atoms with Gasteiger partial charge in [0.25, 0.3) is 0 Å². The largest absolute Gasteiger partial charge is 0.495 e. The van der Waals surface area contributed by atoms with Crippen LogP contribution in [0.2, 0.25) is 0 Å². The van der Waals surface area contributed by atoms with Crippen molar-refractivity contribution in [1.82, 2.24) is 4.90 Å². The van der Waals surface area contributed by atoms with Gasteiger partial charge in [-0.1, -0.05) is 6.07 Å². The first-order chi connectivity index (χ1) is 10.7. The highest BCUT2D eigenvalue weighted by Crippen LogP contribution is 2.33. The SMILES string of the molecule is COc1cc(C2CCN(C(=O)OC(C)(C)C)CC2O)ccc1N. The van der Waals surface area contributed by atoms with Crippen molar-refractivity contribution in [3.63, 3.8) is 0 Å². The lowest BCUT2D eigenvalue weighted by Gasteiger charge is -2.37. The summed E-state index contributed by atoms with van der Waals surface area (Å²) in [5, 5.41) is 10.5. The van der Waals surface area contributed by atoms with Gasteiger partial charge in [-0.25, -0.2) is 4.79 Å². The van der Waals surface area contributed by atoms with Crippen molar-refractivity contribution in [2.75, 3.05) is 25.9 Å². The summed E-state index contributed by atoms with van der Waals surface area (Å²) in [5.74, 6) is 0.549. The number of piperidine rings is 1. The molecule has 1 heterocycles. The molecule has 1 fully saturated rings. The fourth-order valence-corrected chi connectivity index (χ4v) is 2.77. The molecule has 2 rings (SSSR count). The molecule has 2 unspecified atom stereocenters. The number of ether oxygens (including phenoxy) is 2. The quantitative estimate of drug-likeness (QED) is 0.817. The minimum Gasteiger partial charge on any atom is -0.495 e. The zero-order valence-electron chi connectivity index (χ0n) is 14.2. The van der Waals surface area contributed by atoms with Gasteiger partial charge in [0.05, 0.1) is 25.4 Å². The second-order valence-corrected chi connectivity index (χ2v) is 6.89. The minimum atomic E-state index is -0.649. The highest BCUT2D eigenvalue weighted by Gasteiger charge is 2.33. The van der Waals surface area contributed by atoms with Crippen LogP contribution in [-0.2, 0) is 4.74 Å². The molecular weight excluding hydrogens is 296 g/mol. The number of rotatable bonds is 2. The van der Waals surface area contributed by atoms with E-state index in [1.807, 2.05) is 32.9 Å². The number of benzene rings is 1. The van der Waals surface area contributed by atoms with Gasteiger partial charge in [-0.2, -0.15) is 0 Å². The number of carbonyl (C=O) groups excluding carboxylic acids is 1. The van der Waals surface area contributed by atoms with E-state index in [-0.39, 0.29) is 18.6 Å². The average molecular weight is 322 g/mol. The minimum absolute atomic E-state index is 0.0526. The number of carbonyl (C=O) groups is 1. The smallest absolute Gasteiger partial charge is 0.410 e. The number of nitrogens with two attached hydrogens (primary N) is 1. The third-order valence-electron chi connectivity index (χ3n) is 3.92. The molecule has 1 aromatic rings. The van der Waals surface area contributed by atoms with Gasteiger partial charge in [-0.15, -0.1) is 0 Å². The van der Waals surface area contributed by atoms with Crippen LogP contribution in [-0.4, -0.2) is 48.0 Å². The van der Waals surface area contributed by atoms with E-state index in [4.69, 9.17) is 15.2 Å². The van der Waals surface area contributed by atoms with Crippen molar-refractivity contribution < 1.29 is 19.4 Å². The van der Waals surface area contributed by atoms with Gasteiger partial charge in [0.2, 0.25) is 0 Å². The van der Waals surface area contributed by atoms with Crippen LogP contribution in [0.1, 0.15) is 38.7 Å². The van der Waals surface area contributed by atoms with Crippen LogP contribution >= 0.6 is 0 Å². The number of methoxy groups -OCH3 is 1. The van der Waals surface area contributed by atoms with Crippen molar-refractivity contribution in [3.05, 3.63) is 23.8 Å². The Labute approximate surface area is 137 Å². The Hall–Kier alpha value is -1.95. The van der Waals surface area contributed by atoms with Crippen LogP contribution in [0.4, 0.5) is 10.5 Å². The molecule has 1 aromatic carbocycles. The highest BCUT2D eigenvalue weighted by molar-refractivity contribution is 5.68. The first-order valence-corrected chi connectivity index (χ1v) is 7.80. The summed E-state index contributed by atoms with van der Waals surface area (Å²) in [6, 6.07) is 5.53. The summed E-state index contributed by atoms with van der Waals surface area (Å²) >= 11 is 0. The monoisotopic (exact) mass is 322 g/mol. The van der Waals surface area contributed by atoms with Gasteiger partial charge in [-0.3, -0.25) is 0 Å². The van der Waals surface area contributed by atoms with Gasteiger partial charge < -0.3 is 25.2 Å². The lowest BCUT2D eigenvalue weighted by atomic mass is 9.87. The predicted octanol–water partition coefficient (Wildman–Crippen LogP) is 2.36. The van der Waals surface area contributed by atoms with Gasteiger partial charge in [-0.05, 0) is 44.9 Å². The Balaban J connectivity index is 2.06. The van der Waals surface area contributed by atoms with Gasteiger partial charge in [0.1, 0.15) is 11.4 Å². The number of hydrogen-bond donors (Lipinski definition) is 2. The van der Waals surface area contributed by atoms with Crippen LogP contribution < -0.4 is 10.5 Å². The lowest BCUT2D eigenvalue weighted by Crippen LogP contribution is -2.47. The lowest BCUT2D eigenvalue weighted by molar-refractivity contribution is -0.00153. The maximum Gasteiger partial charge on any atom is 0.410 e. The molecule has 1 aliphatic rings. The maximum absolute atomic E-state index is 12.1. The average Bonchev–Trinajstić information content (AvgIpc) is 2.46. The van der Waals surface area contributed by atoms with Gasteiger partial charge >= 0.3 is 6.09 Å². The molecule has 1 aliphatic heterocycles. The molecule has 0 radical (unpaired) electrons. The van der Waals surface area contributed by atoms with E-state index in [9.17, 15) is 9.90 Å². The van der Waals surface area contributed by atoms with E-state index in [2.05, 4.69) is 0 Å². The summed E-state index contributed by atoms with van der Waals surface area (Å²) in [7, 11) is 1.57. The van der Waals surface area contributed by atoms with Crippen LogP contribution in [0.3, 0.4) is 0 Å². The number of nitrogen functional groups attached to an aromatic ring is 1. The number of hydrogen-bond acceptors (Lipinski definition) is 5. The normalized spacial score (nSPS) is 21.9. The molecule has 0 spiro atoms. The summed E-state index contributed by atoms with van der Waals surface area (Å²) < 4.78 is 10.6. The Morgan fingerprint density at radius 3 is 2.65 bits per heavy atom. The van der Waals surface area contributed by atoms with Crippen molar-refractivity contribution >= 4 is 11.8 Å². The summed E-state index contributed by atoms with van der Waals surface area (Å²) in [4.78, 5) is 13.7. The zero-order chi connectivity index (χ0) is 17.2. The molecule has 128 valence electrons. The molecular formula is C17H26N2O4. The summed E-state index contributed by atoms with van der Waals surface area (Å²) in [5.41, 5.74) is 6.82. The summed E-state index contributed by atoms with van der Waals surface area (Å²) in [6.45, 7) is 6.29. The van der Waals surface area contributed by atoms with Crippen molar-refractivity contribution in [2.24, 2.45) is 0 Å². The fraction of sp³-hybridized carbons (Fsp3) is 0.588. The van der Waals surface area contributed by atoms with Crippen molar-refractivity contribution in [3.8, 4) is 5.75 Å². The first-order valence-electron chi connectivity index (χ1n) is 7.80. The van der Waals surface area contributed by atoms with Crippen LogP contribution in [0.25, 0.3) is 0 Å². The Morgan fingerprint density at radius 1 is 1.39 bits per heavy atom. The van der Waals surface area contributed by atoms with Crippen LogP contribution in [0, 0.1) is 0 Å². The van der Waals surface area contributed by atoms with E-state index in [1.165, 1.54) is 0 Å². The first kappa shape index (κ1) is 17.4. The Kier molecular flexibility index (Phi) is 5.04. The molecule has 1 amide bonds. The topological polar surface area (TPSA) is 85.0 Å². The third-order valence-corrected chi connectivity index (χ3v) is 3.92. The van der Waals surface area contributed by atoms with Crippen molar-refractivity contribution in [1.29, 1.82) is 0 Å². The molecule has 0 aromatic heterocycles. The number of anilines is 1. The van der Waals surface area contributed by atoms with Crippen LogP contribution in [0.15, 0.2) is 18.2 Å². The maximum atomic E-state index is 12.1. The molecule has 2 atom stereocenters. The molecule has 6 nitrogen and oxygen atoms in total. The van der Waals surface area contributed by atoms with E-state index in [0.29, 0.717) is 24.4 Å². The number of aliphatic hydroxyl groups is 1. The van der Waals surface area contributed by atoms with E-state index >= 15 is 0 Å². The number of nitrogens with zero attached hydrogens (tertiary/aromatic N) is 1. The predicted molar refractivity (Wildman–Crippen MR) is 88.6 cm³/mol. The molecule has 0 aliphatic carbocycles. The zero-order valence-corrected chi connectivity index (χ0v) is 14.2.